The molecule has 0 saturated heterocycles. The van der Waals surface area contributed by atoms with E-state index in [-0.39, 0.29) is 16.5 Å². The highest BCUT2D eigenvalue weighted by Gasteiger charge is 2.15. The third-order valence-corrected chi connectivity index (χ3v) is 2.22. The van der Waals surface area contributed by atoms with E-state index in [4.69, 9.17) is 10.5 Å². The van der Waals surface area contributed by atoms with Crippen LogP contribution in [0.1, 0.15) is 12.5 Å². The molecule has 0 atom stereocenters. The normalized spacial score (nSPS) is 10.9. The number of methoxy groups -OCH3 is 1. The van der Waals surface area contributed by atoms with Crippen LogP contribution in [0.15, 0.2) is 23.3 Å². The van der Waals surface area contributed by atoms with E-state index in [0.29, 0.717) is 11.3 Å². The second kappa shape index (κ2) is 5.92. The van der Waals surface area contributed by atoms with Crippen molar-refractivity contribution >= 4 is 28.7 Å². The van der Waals surface area contributed by atoms with E-state index in [9.17, 15) is 10.1 Å². The van der Waals surface area contributed by atoms with Gasteiger partial charge in [0.1, 0.15) is 0 Å². The van der Waals surface area contributed by atoms with Crippen molar-refractivity contribution in [2.24, 2.45) is 10.8 Å². The number of hydrogen-bond acceptors (Lipinski definition) is 5. The molecule has 18 heavy (non-hydrogen) atoms. The summed E-state index contributed by atoms with van der Waals surface area (Å²) < 4.78 is 4.90. The number of ether oxygens (including phenoxy) is 1. The number of hydrogen-bond donors (Lipinski definition) is 2. The van der Waals surface area contributed by atoms with Crippen LogP contribution in [0.5, 0.6) is 5.75 Å². The summed E-state index contributed by atoms with van der Waals surface area (Å²) in [6.45, 7) is 1.68. The first-order valence-corrected chi connectivity index (χ1v) is 5.29. The Balaban J connectivity index is 3.11. The molecule has 0 radical (unpaired) electrons. The summed E-state index contributed by atoms with van der Waals surface area (Å²) in [5.41, 5.74) is 8.62. The van der Waals surface area contributed by atoms with Crippen LogP contribution >= 0.6 is 12.2 Å². The monoisotopic (exact) mass is 268 g/mol. The Morgan fingerprint density at radius 2 is 2.28 bits per heavy atom. The quantitative estimate of drug-likeness (QED) is 0.367. The van der Waals surface area contributed by atoms with Crippen molar-refractivity contribution in [1.82, 2.24) is 5.43 Å². The fourth-order valence-electron chi connectivity index (χ4n) is 1.26. The fraction of sp³-hybridized carbons (Fsp3) is 0.200. The summed E-state index contributed by atoms with van der Waals surface area (Å²) in [4.78, 5) is 10.3. The SMILES string of the molecule is COc1ccc(/C(C)=N/NC(N)=S)cc1[N+](=O)[O-]. The maximum Gasteiger partial charge on any atom is 0.311 e. The molecule has 0 bridgehead atoms. The van der Waals surface area contributed by atoms with Crippen molar-refractivity contribution < 1.29 is 9.66 Å². The zero-order valence-corrected chi connectivity index (χ0v) is 10.7. The number of nitrogens with zero attached hydrogens (tertiary/aromatic N) is 2. The lowest BCUT2D eigenvalue weighted by atomic mass is 10.1. The summed E-state index contributed by atoms with van der Waals surface area (Å²) in [6, 6.07) is 4.54. The summed E-state index contributed by atoms with van der Waals surface area (Å²) in [5.74, 6) is 0.193. The van der Waals surface area contributed by atoms with Crippen LogP contribution in [-0.2, 0) is 0 Å². The Hall–Kier alpha value is -2.22. The number of nitro groups is 1. The predicted octanol–water partition coefficient (Wildman–Crippen LogP) is 1.16. The zero-order valence-electron chi connectivity index (χ0n) is 9.84. The standard InChI is InChI=1S/C10H12N4O3S/c1-6(12-13-10(11)18)7-3-4-9(17-2)8(5-7)14(15)16/h3-5H,1-2H3,(H3,11,13,18)/b12-6+. The minimum absolute atomic E-state index is 0.0253. The summed E-state index contributed by atoms with van der Waals surface area (Å²) in [7, 11) is 1.37. The molecule has 1 rings (SSSR count). The van der Waals surface area contributed by atoms with Crippen LogP contribution in [0.4, 0.5) is 5.69 Å². The van der Waals surface area contributed by atoms with Gasteiger partial charge in [0.25, 0.3) is 0 Å². The molecule has 0 amide bonds. The molecule has 0 aliphatic heterocycles. The fourth-order valence-corrected chi connectivity index (χ4v) is 1.31. The van der Waals surface area contributed by atoms with E-state index < -0.39 is 4.92 Å². The van der Waals surface area contributed by atoms with Crippen LogP contribution in [0, 0.1) is 10.1 Å². The van der Waals surface area contributed by atoms with Crippen LogP contribution in [0.25, 0.3) is 0 Å². The van der Waals surface area contributed by atoms with E-state index in [1.54, 1.807) is 13.0 Å². The van der Waals surface area contributed by atoms with Gasteiger partial charge in [-0.05, 0) is 31.3 Å². The van der Waals surface area contributed by atoms with Gasteiger partial charge in [0, 0.05) is 11.6 Å². The molecule has 0 unspecified atom stereocenters. The molecule has 0 spiro atoms. The molecule has 7 nitrogen and oxygen atoms in total. The van der Waals surface area contributed by atoms with Crippen LogP contribution < -0.4 is 15.9 Å². The lowest BCUT2D eigenvalue weighted by Gasteiger charge is -2.05. The average molecular weight is 268 g/mol. The van der Waals surface area contributed by atoms with E-state index >= 15 is 0 Å². The van der Waals surface area contributed by atoms with Crippen LogP contribution in [0.3, 0.4) is 0 Å². The van der Waals surface area contributed by atoms with Crippen LogP contribution in [0.2, 0.25) is 0 Å². The van der Waals surface area contributed by atoms with Crippen molar-refractivity contribution in [1.29, 1.82) is 0 Å². The zero-order chi connectivity index (χ0) is 13.7. The molecule has 1 aromatic rings. The van der Waals surface area contributed by atoms with E-state index in [0.717, 1.165) is 0 Å². The number of nitrogens with one attached hydrogen (secondary N) is 1. The Labute approximate surface area is 109 Å². The minimum atomic E-state index is -0.517. The predicted molar refractivity (Wildman–Crippen MR) is 71.8 cm³/mol. The highest BCUT2D eigenvalue weighted by Crippen LogP contribution is 2.27. The van der Waals surface area contributed by atoms with Crippen LogP contribution in [-0.4, -0.2) is 22.9 Å². The first-order valence-electron chi connectivity index (χ1n) is 4.88. The number of thiocarbonyl (C=S) groups is 1. The first-order chi connectivity index (χ1) is 8.45. The van der Waals surface area contributed by atoms with Crippen molar-refractivity contribution in [2.75, 3.05) is 7.11 Å². The number of nitro benzene ring substituents is 1. The van der Waals surface area contributed by atoms with Gasteiger partial charge in [-0.2, -0.15) is 5.10 Å². The smallest absolute Gasteiger partial charge is 0.311 e. The average Bonchev–Trinajstić information content (AvgIpc) is 2.34. The Kier molecular flexibility index (Phi) is 4.55. The number of rotatable bonds is 4. The lowest BCUT2D eigenvalue weighted by Crippen LogP contribution is -2.25. The van der Waals surface area contributed by atoms with Gasteiger partial charge in [-0.15, -0.1) is 0 Å². The van der Waals surface area contributed by atoms with Crippen molar-refractivity contribution in [3.8, 4) is 5.75 Å². The topological polar surface area (TPSA) is 103 Å². The third kappa shape index (κ3) is 3.39. The van der Waals surface area contributed by atoms with Crippen molar-refractivity contribution in [2.45, 2.75) is 6.92 Å². The van der Waals surface area contributed by atoms with Gasteiger partial charge in [-0.1, -0.05) is 0 Å². The second-order valence-electron chi connectivity index (χ2n) is 3.32. The maximum atomic E-state index is 10.9. The highest BCUT2D eigenvalue weighted by molar-refractivity contribution is 7.80. The van der Waals surface area contributed by atoms with Gasteiger partial charge in [0.2, 0.25) is 0 Å². The molecule has 0 heterocycles. The number of hydrazone groups is 1. The van der Waals surface area contributed by atoms with Crippen molar-refractivity contribution in [3.05, 3.63) is 33.9 Å². The minimum Gasteiger partial charge on any atom is -0.490 e. The Morgan fingerprint density at radius 3 is 2.78 bits per heavy atom. The largest absolute Gasteiger partial charge is 0.490 e. The van der Waals surface area contributed by atoms with Gasteiger partial charge in [-0.3, -0.25) is 15.5 Å². The third-order valence-electron chi connectivity index (χ3n) is 2.13. The van der Waals surface area contributed by atoms with Gasteiger partial charge in [0.05, 0.1) is 17.7 Å². The molecule has 0 aliphatic rings. The van der Waals surface area contributed by atoms with Gasteiger partial charge >= 0.3 is 5.69 Å². The van der Waals surface area contributed by atoms with E-state index in [2.05, 4.69) is 22.7 Å². The first kappa shape index (κ1) is 13.8. The molecule has 8 heteroatoms. The molecule has 3 N–H and O–H groups in total. The summed E-state index contributed by atoms with van der Waals surface area (Å²) in [5, 5.41) is 14.8. The summed E-state index contributed by atoms with van der Waals surface area (Å²) in [6.07, 6.45) is 0. The molecular weight excluding hydrogens is 256 g/mol. The highest BCUT2D eigenvalue weighted by atomic mass is 32.1. The van der Waals surface area contributed by atoms with Gasteiger partial charge in [-0.25, -0.2) is 0 Å². The molecule has 0 aliphatic carbocycles. The molecule has 96 valence electrons. The molecule has 0 fully saturated rings. The summed E-state index contributed by atoms with van der Waals surface area (Å²) >= 11 is 4.60. The maximum absolute atomic E-state index is 10.9. The number of benzene rings is 1. The molecule has 1 aromatic carbocycles. The van der Waals surface area contributed by atoms with Crippen molar-refractivity contribution in [3.63, 3.8) is 0 Å². The molecule has 0 aromatic heterocycles. The molecular formula is C10H12N4O3S. The van der Waals surface area contributed by atoms with Gasteiger partial charge < -0.3 is 10.5 Å². The Bertz CT molecular complexity index is 516. The molecule has 0 saturated carbocycles. The van der Waals surface area contributed by atoms with E-state index in [1.807, 2.05) is 0 Å². The van der Waals surface area contributed by atoms with E-state index in [1.165, 1.54) is 19.2 Å². The second-order valence-corrected chi connectivity index (χ2v) is 3.76. The lowest BCUT2D eigenvalue weighted by molar-refractivity contribution is -0.385. The number of nitrogens with two attached hydrogens (primary N) is 1. The Morgan fingerprint density at radius 1 is 1.61 bits per heavy atom. The van der Waals surface area contributed by atoms with Gasteiger partial charge in [0.15, 0.2) is 10.9 Å².